The van der Waals surface area contributed by atoms with Crippen molar-refractivity contribution in [3.63, 3.8) is 0 Å². The summed E-state index contributed by atoms with van der Waals surface area (Å²) in [7, 11) is 1.30. The number of aliphatic hydroxyl groups excluding tert-OH is 2. The van der Waals surface area contributed by atoms with Crippen molar-refractivity contribution in [1.29, 1.82) is 0 Å². The van der Waals surface area contributed by atoms with E-state index in [0.29, 0.717) is 17.4 Å². The van der Waals surface area contributed by atoms with Gasteiger partial charge in [-0.2, -0.15) is 0 Å². The lowest BCUT2D eigenvalue weighted by Crippen LogP contribution is -2.38. The molecular weight excluding hydrogens is 453 g/mol. The fraction of sp³-hybridized carbons (Fsp3) is 1.00. The van der Waals surface area contributed by atoms with Crippen molar-refractivity contribution in [2.24, 2.45) is 0 Å². The number of likely N-dealkylation sites (N-methyl/N-ethyl adjacent to an activating group) is 1. The van der Waals surface area contributed by atoms with Crippen molar-refractivity contribution in [2.75, 3.05) is 40.9 Å². The summed E-state index contributed by atoms with van der Waals surface area (Å²) in [5, 5.41) is 19.2. The Balaban J connectivity index is 3.80. The Kier molecular flexibility index (Phi) is 21.1. The Morgan fingerprint density at radius 1 is 0.794 bits per heavy atom. The van der Waals surface area contributed by atoms with Crippen LogP contribution in [0.1, 0.15) is 116 Å². The van der Waals surface area contributed by atoms with Gasteiger partial charge in [-0.1, -0.05) is 110 Å². The molecule has 206 valence electrons. The fourth-order valence-electron chi connectivity index (χ4n) is 3.95. The Hall–Kier alpha value is -0.0100. The minimum absolute atomic E-state index is 0.0191. The summed E-state index contributed by atoms with van der Waals surface area (Å²) in [6.07, 6.45) is 18.4. The van der Waals surface area contributed by atoms with E-state index in [2.05, 4.69) is 6.92 Å². The van der Waals surface area contributed by atoms with E-state index in [1.807, 2.05) is 21.1 Å². The Bertz CT molecular complexity index is 500. The zero-order chi connectivity index (χ0) is 25.7. The summed E-state index contributed by atoms with van der Waals surface area (Å²) in [4.78, 5) is 12.1. The number of aliphatic hydroxyl groups is 2. The molecule has 0 radical (unpaired) electrons. The van der Waals surface area contributed by atoms with Crippen LogP contribution in [-0.4, -0.2) is 67.8 Å². The highest BCUT2D eigenvalue weighted by molar-refractivity contribution is 7.45. The lowest BCUT2D eigenvalue weighted by Gasteiger charge is -2.31. The maximum atomic E-state index is 12.1. The van der Waals surface area contributed by atoms with Gasteiger partial charge in [0.05, 0.1) is 33.9 Å². The topological polar surface area (TPSA) is 99.1 Å². The molecule has 0 saturated heterocycles. The molecule has 7 nitrogen and oxygen atoms in total. The molecule has 0 aromatic rings. The van der Waals surface area contributed by atoms with Gasteiger partial charge in [-0.15, -0.1) is 0 Å². The van der Waals surface area contributed by atoms with Crippen molar-refractivity contribution >= 4 is 7.82 Å². The second-order valence-corrected chi connectivity index (χ2v) is 12.1. The van der Waals surface area contributed by atoms with Gasteiger partial charge in [-0.25, -0.2) is 0 Å². The molecule has 0 saturated carbocycles. The first-order valence-corrected chi connectivity index (χ1v) is 15.3. The molecule has 0 heterocycles. The van der Waals surface area contributed by atoms with Crippen LogP contribution in [0.2, 0.25) is 0 Å². The standard InChI is InChI=1S/C26H56NO6P/c1-5-6-7-8-9-10-11-12-13-14-15-16-17-18-19-20-21-26(25(29)24-28)33-34(30,31)32-23-22-27(2,3)4/h25-26,28-29H,5-24H2,1-4H3/t25-,26?/m0/s1. The molecule has 0 aromatic carbocycles. The van der Waals surface area contributed by atoms with E-state index < -0.39 is 26.6 Å². The summed E-state index contributed by atoms with van der Waals surface area (Å²) < 4.78 is 22.7. The van der Waals surface area contributed by atoms with E-state index in [0.717, 1.165) is 19.3 Å². The predicted molar refractivity (Wildman–Crippen MR) is 139 cm³/mol. The van der Waals surface area contributed by atoms with Crippen molar-refractivity contribution in [2.45, 2.75) is 128 Å². The smallest absolute Gasteiger partial charge is 0.268 e. The Labute approximate surface area is 210 Å². The largest absolute Gasteiger partial charge is 0.756 e. The fourth-order valence-corrected chi connectivity index (χ4v) is 4.89. The number of rotatable bonds is 25. The maximum absolute atomic E-state index is 12.1. The lowest BCUT2D eigenvalue weighted by atomic mass is 10.0. The van der Waals surface area contributed by atoms with Crippen molar-refractivity contribution in [3.8, 4) is 0 Å². The zero-order valence-corrected chi connectivity index (χ0v) is 23.6. The number of nitrogens with zero attached hydrogens (tertiary/aromatic N) is 1. The average Bonchev–Trinajstić information content (AvgIpc) is 2.76. The van der Waals surface area contributed by atoms with Crippen LogP contribution in [0.4, 0.5) is 0 Å². The zero-order valence-electron chi connectivity index (χ0n) is 22.7. The second kappa shape index (κ2) is 21.1. The first-order chi connectivity index (χ1) is 16.1. The van der Waals surface area contributed by atoms with E-state index in [-0.39, 0.29) is 6.61 Å². The van der Waals surface area contributed by atoms with Crippen LogP contribution < -0.4 is 4.89 Å². The van der Waals surface area contributed by atoms with Gasteiger partial charge in [0.2, 0.25) is 0 Å². The minimum Gasteiger partial charge on any atom is -0.756 e. The van der Waals surface area contributed by atoms with Crippen LogP contribution in [0.25, 0.3) is 0 Å². The number of hydrogen-bond acceptors (Lipinski definition) is 6. The van der Waals surface area contributed by atoms with E-state index in [9.17, 15) is 19.7 Å². The lowest BCUT2D eigenvalue weighted by molar-refractivity contribution is -0.870. The van der Waals surface area contributed by atoms with Gasteiger partial charge in [-0.05, 0) is 6.42 Å². The van der Waals surface area contributed by atoms with Gasteiger partial charge in [0.1, 0.15) is 19.3 Å². The molecule has 34 heavy (non-hydrogen) atoms. The number of unbranched alkanes of at least 4 members (excludes halogenated alkanes) is 15. The summed E-state index contributed by atoms with van der Waals surface area (Å²) in [5.41, 5.74) is 0. The van der Waals surface area contributed by atoms with E-state index >= 15 is 0 Å². The molecule has 2 N–H and O–H groups in total. The first-order valence-electron chi connectivity index (χ1n) is 13.8. The minimum atomic E-state index is -4.52. The highest BCUT2D eigenvalue weighted by Gasteiger charge is 2.25. The van der Waals surface area contributed by atoms with Gasteiger partial charge >= 0.3 is 0 Å². The summed E-state index contributed by atoms with van der Waals surface area (Å²) >= 11 is 0. The number of phosphoric acid groups is 1. The van der Waals surface area contributed by atoms with Crippen LogP contribution in [0.5, 0.6) is 0 Å². The highest BCUT2D eigenvalue weighted by Crippen LogP contribution is 2.41. The van der Waals surface area contributed by atoms with Crippen LogP contribution in [0, 0.1) is 0 Å². The van der Waals surface area contributed by atoms with Crippen LogP contribution in [0.15, 0.2) is 0 Å². The van der Waals surface area contributed by atoms with Crippen molar-refractivity contribution in [3.05, 3.63) is 0 Å². The number of phosphoric ester groups is 1. The molecule has 3 atom stereocenters. The van der Waals surface area contributed by atoms with Gasteiger partial charge < -0.3 is 28.6 Å². The quantitative estimate of drug-likeness (QED) is 0.0949. The molecule has 0 aliphatic heterocycles. The van der Waals surface area contributed by atoms with Gasteiger partial charge in [0, 0.05) is 0 Å². The average molecular weight is 510 g/mol. The van der Waals surface area contributed by atoms with Crippen LogP contribution in [-0.2, 0) is 13.6 Å². The molecule has 2 unspecified atom stereocenters. The second-order valence-electron chi connectivity index (χ2n) is 10.8. The van der Waals surface area contributed by atoms with Gasteiger partial charge in [0.15, 0.2) is 0 Å². The Morgan fingerprint density at radius 3 is 1.59 bits per heavy atom. The molecule has 0 fully saturated rings. The molecule has 0 rings (SSSR count). The third kappa shape index (κ3) is 22.5. The summed E-state index contributed by atoms with van der Waals surface area (Å²) in [6, 6.07) is 0. The molecule has 0 amide bonds. The molecule has 0 bridgehead atoms. The van der Waals surface area contributed by atoms with E-state index in [1.165, 1.54) is 83.5 Å². The highest BCUT2D eigenvalue weighted by atomic mass is 31.2. The van der Waals surface area contributed by atoms with Crippen LogP contribution in [0.3, 0.4) is 0 Å². The van der Waals surface area contributed by atoms with E-state index in [1.54, 1.807) is 0 Å². The molecular formula is C26H56NO6P. The third-order valence-corrected chi connectivity index (χ3v) is 7.26. The van der Waals surface area contributed by atoms with Gasteiger partial charge in [-0.3, -0.25) is 4.57 Å². The summed E-state index contributed by atoms with van der Waals surface area (Å²) in [6.45, 7) is 2.26. The third-order valence-electron chi connectivity index (χ3n) is 6.23. The normalized spacial score (nSPS) is 15.9. The molecule has 0 aromatic heterocycles. The SMILES string of the molecule is CCCCCCCCCCCCCCCCCCC(OP(=O)([O-])OCC[N+](C)(C)C)[C@@H](O)CO. The molecule has 8 heteroatoms. The Morgan fingerprint density at radius 2 is 1.21 bits per heavy atom. The molecule has 0 aliphatic carbocycles. The first kappa shape index (κ1) is 34.0. The van der Waals surface area contributed by atoms with E-state index in [4.69, 9.17) is 9.05 Å². The summed E-state index contributed by atoms with van der Waals surface area (Å²) in [5.74, 6) is 0. The van der Waals surface area contributed by atoms with Gasteiger partial charge in [0.25, 0.3) is 7.82 Å². The molecule has 0 aliphatic rings. The number of hydrogen-bond donors (Lipinski definition) is 2. The van der Waals surface area contributed by atoms with Crippen LogP contribution >= 0.6 is 7.82 Å². The maximum Gasteiger partial charge on any atom is 0.268 e. The predicted octanol–water partition coefficient (Wildman–Crippen LogP) is 5.57. The van der Waals surface area contributed by atoms with Crippen molar-refractivity contribution < 1.29 is 33.2 Å². The van der Waals surface area contributed by atoms with Crippen molar-refractivity contribution in [1.82, 2.24) is 0 Å². The molecule has 0 spiro atoms. The number of quaternary nitrogens is 1. The monoisotopic (exact) mass is 509 g/mol.